The number of rotatable bonds is 4. The lowest BCUT2D eigenvalue weighted by Crippen LogP contribution is -2.51. The fourth-order valence-corrected chi connectivity index (χ4v) is 4.96. The minimum atomic E-state index is -0.0109. The van der Waals surface area contributed by atoms with Crippen LogP contribution in [-0.4, -0.2) is 70.1 Å². The minimum absolute atomic E-state index is 0.0109. The second-order valence-electron chi connectivity index (χ2n) is 7.99. The largest absolute Gasteiger partial charge is 0.383 e. The Balaban J connectivity index is 1.46. The van der Waals surface area contributed by atoms with Gasteiger partial charge in [-0.15, -0.1) is 0 Å². The number of anilines is 1. The molecule has 0 unspecified atom stereocenters. The first-order valence-corrected chi connectivity index (χ1v) is 10.2. The third-order valence-corrected chi connectivity index (χ3v) is 6.52. The highest BCUT2D eigenvalue weighted by Gasteiger charge is 2.46. The predicted molar refractivity (Wildman–Crippen MR) is 105 cm³/mol. The standard InChI is InChI=1S/C21H31N3O3/c1-26-15-10-22-20(25)24-16-21(18-4-2-3-5-19(18)24)8-11-23(12-9-21)17-6-13-27-14-7-17/h2-5,17H,6-16H2,1H3,(H,22,25). The Kier molecular flexibility index (Phi) is 5.66. The molecule has 1 aromatic carbocycles. The van der Waals surface area contributed by atoms with E-state index in [4.69, 9.17) is 9.47 Å². The van der Waals surface area contributed by atoms with Gasteiger partial charge in [-0.1, -0.05) is 18.2 Å². The Morgan fingerprint density at radius 2 is 2.00 bits per heavy atom. The van der Waals surface area contributed by atoms with Gasteiger partial charge < -0.3 is 19.7 Å². The number of piperidine rings is 1. The second kappa shape index (κ2) is 8.17. The Labute approximate surface area is 161 Å². The van der Waals surface area contributed by atoms with Crippen LogP contribution in [0, 0.1) is 0 Å². The first-order valence-electron chi connectivity index (χ1n) is 10.2. The number of para-hydroxylation sites is 1. The summed E-state index contributed by atoms with van der Waals surface area (Å²) in [6, 6.07) is 9.11. The third-order valence-electron chi connectivity index (χ3n) is 6.52. The van der Waals surface area contributed by atoms with Crippen LogP contribution in [0.3, 0.4) is 0 Å². The number of hydrogen-bond donors (Lipinski definition) is 1. The monoisotopic (exact) mass is 373 g/mol. The number of carbonyl (C=O) groups excluding carboxylic acids is 1. The quantitative estimate of drug-likeness (QED) is 0.824. The molecular formula is C21H31N3O3. The Bertz CT molecular complexity index is 652. The maximum atomic E-state index is 12.8. The van der Waals surface area contributed by atoms with Gasteiger partial charge in [0.15, 0.2) is 0 Å². The summed E-state index contributed by atoms with van der Waals surface area (Å²) in [5, 5.41) is 2.99. The third kappa shape index (κ3) is 3.71. The van der Waals surface area contributed by atoms with E-state index in [0.29, 0.717) is 19.2 Å². The smallest absolute Gasteiger partial charge is 0.321 e. The normalized spacial score (nSPS) is 22.8. The highest BCUT2D eigenvalue weighted by atomic mass is 16.5. The van der Waals surface area contributed by atoms with E-state index in [1.54, 1.807) is 7.11 Å². The number of hydrogen-bond acceptors (Lipinski definition) is 4. The lowest BCUT2D eigenvalue weighted by atomic mass is 9.74. The second-order valence-corrected chi connectivity index (χ2v) is 7.99. The highest BCUT2D eigenvalue weighted by Crippen LogP contribution is 2.47. The van der Waals surface area contributed by atoms with Gasteiger partial charge in [-0.2, -0.15) is 0 Å². The summed E-state index contributed by atoms with van der Waals surface area (Å²) in [6.45, 7) is 5.86. The van der Waals surface area contributed by atoms with Crippen LogP contribution in [-0.2, 0) is 14.9 Å². The lowest BCUT2D eigenvalue weighted by molar-refractivity contribution is 0.0185. The average Bonchev–Trinajstić information content (AvgIpc) is 3.04. The van der Waals surface area contributed by atoms with Gasteiger partial charge in [0.2, 0.25) is 0 Å². The molecule has 3 aliphatic rings. The van der Waals surface area contributed by atoms with Crippen LogP contribution in [0.2, 0.25) is 0 Å². The maximum absolute atomic E-state index is 12.8. The summed E-state index contributed by atoms with van der Waals surface area (Å²) in [6.07, 6.45) is 4.53. The van der Waals surface area contributed by atoms with Crippen molar-refractivity contribution in [1.29, 1.82) is 0 Å². The van der Waals surface area contributed by atoms with Gasteiger partial charge in [-0.25, -0.2) is 4.79 Å². The predicted octanol–water partition coefficient (Wildman–Crippen LogP) is 2.38. The van der Waals surface area contributed by atoms with Crippen LogP contribution in [0.15, 0.2) is 24.3 Å². The zero-order valence-electron chi connectivity index (χ0n) is 16.3. The van der Waals surface area contributed by atoms with E-state index in [0.717, 1.165) is 64.2 Å². The van der Waals surface area contributed by atoms with Crippen LogP contribution < -0.4 is 10.2 Å². The van der Waals surface area contributed by atoms with Crippen LogP contribution in [0.4, 0.5) is 10.5 Å². The number of nitrogens with zero attached hydrogens (tertiary/aromatic N) is 2. The van der Waals surface area contributed by atoms with E-state index in [2.05, 4.69) is 28.4 Å². The van der Waals surface area contributed by atoms with E-state index >= 15 is 0 Å². The highest BCUT2D eigenvalue weighted by molar-refractivity contribution is 5.95. The fourth-order valence-electron chi connectivity index (χ4n) is 4.96. The molecule has 3 aliphatic heterocycles. The molecule has 1 spiro atoms. The molecule has 3 heterocycles. The summed E-state index contributed by atoms with van der Waals surface area (Å²) in [4.78, 5) is 17.3. The molecule has 2 fully saturated rings. The van der Waals surface area contributed by atoms with Crippen molar-refractivity contribution in [3.8, 4) is 0 Å². The molecule has 6 nitrogen and oxygen atoms in total. The van der Waals surface area contributed by atoms with Gasteiger partial charge in [0.1, 0.15) is 0 Å². The number of likely N-dealkylation sites (tertiary alicyclic amines) is 1. The number of amides is 2. The zero-order chi connectivity index (χ0) is 18.7. The molecule has 0 radical (unpaired) electrons. The Morgan fingerprint density at radius 3 is 2.74 bits per heavy atom. The summed E-state index contributed by atoms with van der Waals surface area (Å²) >= 11 is 0. The molecule has 27 heavy (non-hydrogen) atoms. The average molecular weight is 373 g/mol. The van der Waals surface area contributed by atoms with Crippen LogP contribution in [0.5, 0.6) is 0 Å². The van der Waals surface area contributed by atoms with Gasteiger partial charge in [-0.3, -0.25) is 4.90 Å². The SMILES string of the molecule is COCCNC(=O)N1CC2(CCN(C3CCOCC3)CC2)c2ccccc21. The molecule has 148 valence electrons. The molecule has 1 aromatic rings. The molecule has 0 atom stereocenters. The summed E-state index contributed by atoms with van der Waals surface area (Å²) < 4.78 is 10.6. The molecule has 0 aromatic heterocycles. The maximum Gasteiger partial charge on any atom is 0.321 e. The van der Waals surface area contributed by atoms with Gasteiger partial charge in [0.05, 0.1) is 6.61 Å². The number of methoxy groups -OCH3 is 1. The van der Waals surface area contributed by atoms with Crippen molar-refractivity contribution in [2.24, 2.45) is 0 Å². The molecule has 2 amide bonds. The van der Waals surface area contributed by atoms with Crippen molar-refractivity contribution in [2.75, 3.05) is 58.0 Å². The first kappa shape index (κ1) is 18.7. The molecule has 0 bridgehead atoms. The zero-order valence-corrected chi connectivity index (χ0v) is 16.3. The van der Waals surface area contributed by atoms with Crippen LogP contribution in [0.25, 0.3) is 0 Å². The molecular weight excluding hydrogens is 342 g/mol. The van der Waals surface area contributed by atoms with E-state index < -0.39 is 0 Å². The summed E-state index contributed by atoms with van der Waals surface area (Å²) in [7, 11) is 1.65. The Morgan fingerprint density at radius 1 is 1.26 bits per heavy atom. The van der Waals surface area contributed by atoms with Crippen LogP contribution >= 0.6 is 0 Å². The van der Waals surface area contributed by atoms with E-state index in [-0.39, 0.29) is 11.4 Å². The van der Waals surface area contributed by atoms with E-state index in [1.807, 2.05) is 11.0 Å². The number of fused-ring (bicyclic) bond motifs is 2. The molecule has 1 N–H and O–H groups in total. The molecule has 0 saturated carbocycles. The van der Waals surface area contributed by atoms with Gasteiger partial charge >= 0.3 is 6.03 Å². The van der Waals surface area contributed by atoms with Crippen molar-refractivity contribution in [2.45, 2.75) is 37.1 Å². The number of carbonyl (C=O) groups is 1. The number of benzene rings is 1. The van der Waals surface area contributed by atoms with Crippen LogP contribution in [0.1, 0.15) is 31.2 Å². The first-order chi connectivity index (χ1) is 13.2. The summed E-state index contributed by atoms with van der Waals surface area (Å²) in [5.41, 5.74) is 2.52. The van der Waals surface area contributed by atoms with Gasteiger partial charge in [-0.05, 0) is 50.4 Å². The van der Waals surface area contributed by atoms with E-state index in [1.165, 1.54) is 5.56 Å². The molecule has 2 saturated heterocycles. The number of urea groups is 1. The van der Waals surface area contributed by atoms with Gasteiger partial charge in [0, 0.05) is 50.6 Å². The number of ether oxygens (including phenoxy) is 2. The van der Waals surface area contributed by atoms with Crippen molar-refractivity contribution in [3.05, 3.63) is 29.8 Å². The molecule has 4 rings (SSSR count). The summed E-state index contributed by atoms with van der Waals surface area (Å²) in [5.74, 6) is 0. The topological polar surface area (TPSA) is 54.0 Å². The van der Waals surface area contributed by atoms with Crippen molar-refractivity contribution < 1.29 is 14.3 Å². The van der Waals surface area contributed by atoms with Crippen molar-refractivity contribution >= 4 is 11.7 Å². The molecule has 0 aliphatic carbocycles. The fraction of sp³-hybridized carbons (Fsp3) is 0.667. The molecule has 6 heteroatoms. The minimum Gasteiger partial charge on any atom is -0.383 e. The Hall–Kier alpha value is -1.63. The van der Waals surface area contributed by atoms with E-state index in [9.17, 15) is 4.79 Å². The van der Waals surface area contributed by atoms with Crippen molar-refractivity contribution in [3.63, 3.8) is 0 Å². The van der Waals surface area contributed by atoms with Crippen molar-refractivity contribution in [1.82, 2.24) is 10.2 Å². The lowest BCUT2D eigenvalue weighted by Gasteiger charge is -2.44. The number of nitrogens with one attached hydrogen (secondary N) is 1. The van der Waals surface area contributed by atoms with Gasteiger partial charge in [0.25, 0.3) is 0 Å².